The molecule has 1 heterocycles. The van der Waals surface area contributed by atoms with Crippen LogP contribution in [0.3, 0.4) is 0 Å². The van der Waals surface area contributed by atoms with Gasteiger partial charge in [-0.3, -0.25) is 4.79 Å². The first-order valence-electron chi connectivity index (χ1n) is 8.86. The van der Waals surface area contributed by atoms with Crippen molar-refractivity contribution < 1.29 is 22.7 Å². The second-order valence-corrected chi connectivity index (χ2v) is 8.34. The van der Waals surface area contributed by atoms with E-state index in [2.05, 4.69) is 10.0 Å². The third-order valence-electron chi connectivity index (χ3n) is 4.06. The Kier molecular flexibility index (Phi) is 6.43. The smallest absolute Gasteiger partial charge is 0.251 e. The zero-order valence-electron chi connectivity index (χ0n) is 15.3. The maximum atomic E-state index is 12.5. The topological polar surface area (TPSA) is 93.7 Å². The van der Waals surface area contributed by atoms with Gasteiger partial charge in [0.05, 0.1) is 23.1 Å². The molecule has 2 aromatic carbocycles. The van der Waals surface area contributed by atoms with Crippen LogP contribution in [0.4, 0.5) is 0 Å². The fraction of sp³-hybridized carbons (Fsp3) is 0.316. The van der Waals surface area contributed by atoms with Crippen molar-refractivity contribution in [2.75, 3.05) is 19.8 Å². The summed E-state index contributed by atoms with van der Waals surface area (Å²) in [6.07, 6.45) is 0.767. The van der Waals surface area contributed by atoms with Crippen LogP contribution in [0.1, 0.15) is 29.3 Å². The van der Waals surface area contributed by atoms with Gasteiger partial charge in [0, 0.05) is 25.1 Å². The van der Waals surface area contributed by atoms with Gasteiger partial charge in [-0.25, -0.2) is 13.1 Å². The maximum absolute atomic E-state index is 12.5. The van der Waals surface area contributed by atoms with E-state index in [1.165, 1.54) is 18.2 Å². The van der Waals surface area contributed by atoms with Gasteiger partial charge >= 0.3 is 0 Å². The average Bonchev–Trinajstić information content (AvgIpc) is 2.92. The summed E-state index contributed by atoms with van der Waals surface area (Å²) < 4.78 is 37.8. The van der Waals surface area contributed by atoms with Crippen LogP contribution in [0.5, 0.6) is 11.5 Å². The van der Waals surface area contributed by atoms with E-state index in [0.29, 0.717) is 29.7 Å². The molecule has 0 bridgehead atoms. The molecule has 9 heteroatoms. The number of carbonyl (C=O) groups excluding carboxylic acids is 1. The predicted octanol–water partition coefficient (Wildman–Crippen LogP) is 2.73. The van der Waals surface area contributed by atoms with E-state index in [1.807, 2.05) is 0 Å². The highest BCUT2D eigenvalue weighted by Gasteiger charge is 2.17. The number of fused-ring (bicyclic) bond motifs is 1. The fourth-order valence-corrected chi connectivity index (χ4v) is 4.12. The fourth-order valence-electron chi connectivity index (χ4n) is 2.75. The highest BCUT2D eigenvalue weighted by atomic mass is 35.5. The van der Waals surface area contributed by atoms with Crippen molar-refractivity contribution in [3.63, 3.8) is 0 Å². The number of hydrogen-bond donors (Lipinski definition) is 2. The molecular weight excluding hydrogens is 404 g/mol. The normalized spacial score (nSPS) is 13.6. The summed E-state index contributed by atoms with van der Waals surface area (Å²) in [4.78, 5) is 12.5. The minimum atomic E-state index is -3.63. The first kappa shape index (κ1) is 20.4. The number of rotatable bonds is 6. The number of benzene rings is 2. The van der Waals surface area contributed by atoms with Crippen molar-refractivity contribution in [2.24, 2.45) is 0 Å². The SMILES string of the molecule is CCNS(=O)(=O)c1cccc(C(=O)NCc2cc(Cl)c3c(c2)OCCCO3)c1. The van der Waals surface area contributed by atoms with E-state index in [1.54, 1.807) is 25.1 Å². The molecule has 0 saturated heterocycles. The van der Waals surface area contributed by atoms with Crippen molar-refractivity contribution >= 4 is 27.5 Å². The van der Waals surface area contributed by atoms with Crippen LogP contribution in [-0.2, 0) is 16.6 Å². The van der Waals surface area contributed by atoms with Crippen molar-refractivity contribution in [3.8, 4) is 11.5 Å². The van der Waals surface area contributed by atoms with Crippen LogP contribution < -0.4 is 19.5 Å². The number of hydrogen-bond acceptors (Lipinski definition) is 5. The minimum absolute atomic E-state index is 0.0422. The molecule has 0 radical (unpaired) electrons. The van der Waals surface area contributed by atoms with E-state index in [4.69, 9.17) is 21.1 Å². The molecule has 1 aliphatic heterocycles. The molecular formula is C19H21ClN2O5S. The van der Waals surface area contributed by atoms with E-state index in [-0.39, 0.29) is 23.5 Å². The number of carbonyl (C=O) groups is 1. The Hall–Kier alpha value is -2.29. The van der Waals surface area contributed by atoms with E-state index >= 15 is 0 Å². The lowest BCUT2D eigenvalue weighted by molar-refractivity contribution is 0.0950. The summed E-state index contributed by atoms with van der Waals surface area (Å²) in [5.74, 6) is 0.667. The molecule has 7 nitrogen and oxygen atoms in total. The minimum Gasteiger partial charge on any atom is -0.489 e. The van der Waals surface area contributed by atoms with Crippen LogP contribution in [0.2, 0.25) is 5.02 Å². The molecule has 150 valence electrons. The molecule has 28 heavy (non-hydrogen) atoms. The second kappa shape index (κ2) is 8.81. The summed E-state index contributed by atoms with van der Waals surface area (Å²) in [5, 5.41) is 3.19. The van der Waals surface area contributed by atoms with Gasteiger partial charge in [0.1, 0.15) is 0 Å². The summed E-state index contributed by atoms with van der Waals surface area (Å²) in [6.45, 7) is 3.23. The van der Waals surface area contributed by atoms with Crippen molar-refractivity contribution in [3.05, 3.63) is 52.5 Å². The van der Waals surface area contributed by atoms with E-state index in [9.17, 15) is 13.2 Å². The third kappa shape index (κ3) is 4.76. The molecule has 0 atom stereocenters. The lowest BCUT2D eigenvalue weighted by Crippen LogP contribution is -2.25. The third-order valence-corrected chi connectivity index (χ3v) is 5.88. The molecule has 1 aliphatic rings. The molecule has 2 N–H and O–H groups in total. The Morgan fingerprint density at radius 2 is 1.96 bits per heavy atom. The number of sulfonamides is 1. The lowest BCUT2D eigenvalue weighted by atomic mass is 10.1. The molecule has 0 spiro atoms. The first-order valence-corrected chi connectivity index (χ1v) is 10.7. The average molecular weight is 425 g/mol. The van der Waals surface area contributed by atoms with E-state index in [0.717, 1.165) is 12.0 Å². The highest BCUT2D eigenvalue weighted by Crippen LogP contribution is 2.37. The van der Waals surface area contributed by atoms with Crippen LogP contribution in [0.15, 0.2) is 41.3 Å². The molecule has 0 saturated carbocycles. The summed E-state index contributed by atoms with van der Waals surface area (Å²) in [5.41, 5.74) is 0.999. The summed E-state index contributed by atoms with van der Waals surface area (Å²) in [7, 11) is -3.63. The Labute approximate surface area is 169 Å². The van der Waals surface area contributed by atoms with Crippen LogP contribution in [-0.4, -0.2) is 34.1 Å². The molecule has 0 aliphatic carbocycles. The molecule has 0 unspecified atom stereocenters. The van der Waals surface area contributed by atoms with Crippen molar-refractivity contribution in [1.82, 2.24) is 10.0 Å². The zero-order valence-corrected chi connectivity index (χ0v) is 16.9. The van der Waals surface area contributed by atoms with E-state index < -0.39 is 15.9 Å². The highest BCUT2D eigenvalue weighted by molar-refractivity contribution is 7.89. The Morgan fingerprint density at radius 1 is 1.18 bits per heavy atom. The molecule has 3 rings (SSSR count). The van der Waals surface area contributed by atoms with Gasteiger partial charge in [-0.1, -0.05) is 24.6 Å². The Bertz CT molecular complexity index is 978. The molecule has 1 amide bonds. The largest absolute Gasteiger partial charge is 0.489 e. The summed E-state index contributed by atoms with van der Waals surface area (Å²) >= 11 is 6.26. The van der Waals surface area contributed by atoms with Crippen LogP contribution in [0.25, 0.3) is 0 Å². The standard InChI is InChI=1S/C19H21ClN2O5S/c1-2-22-28(24,25)15-6-3-5-14(11-15)19(23)21-12-13-9-16(20)18-17(10-13)26-7-4-8-27-18/h3,5-6,9-11,22H,2,4,7-8,12H2,1H3,(H,21,23). The van der Waals surface area contributed by atoms with Gasteiger partial charge in [0.25, 0.3) is 5.91 Å². The molecule has 0 aromatic heterocycles. The monoisotopic (exact) mass is 424 g/mol. The number of ether oxygens (including phenoxy) is 2. The number of halogens is 1. The van der Waals surface area contributed by atoms with Crippen LogP contribution >= 0.6 is 11.6 Å². The van der Waals surface area contributed by atoms with Gasteiger partial charge in [-0.15, -0.1) is 0 Å². The van der Waals surface area contributed by atoms with Crippen molar-refractivity contribution in [1.29, 1.82) is 0 Å². The van der Waals surface area contributed by atoms with Gasteiger partial charge in [0.2, 0.25) is 10.0 Å². The van der Waals surface area contributed by atoms with Gasteiger partial charge in [-0.05, 0) is 35.9 Å². The van der Waals surface area contributed by atoms with Gasteiger partial charge in [0.15, 0.2) is 11.5 Å². The zero-order chi connectivity index (χ0) is 20.1. The molecule has 0 fully saturated rings. The van der Waals surface area contributed by atoms with Gasteiger partial charge in [-0.2, -0.15) is 0 Å². The number of amides is 1. The summed E-state index contributed by atoms with van der Waals surface area (Å²) in [6, 6.07) is 9.36. The predicted molar refractivity (Wildman–Crippen MR) is 106 cm³/mol. The Balaban J connectivity index is 1.73. The Morgan fingerprint density at radius 3 is 2.75 bits per heavy atom. The van der Waals surface area contributed by atoms with Crippen molar-refractivity contribution in [2.45, 2.75) is 24.8 Å². The van der Waals surface area contributed by atoms with Gasteiger partial charge < -0.3 is 14.8 Å². The first-order chi connectivity index (χ1) is 13.4. The second-order valence-electron chi connectivity index (χ2n) is 6.17. The molecule has 2 aromatic rings. The van der Waals surface area contributed by atoms with Crippen LogP contribution in [0, 0.1) is 0 Å². The quantitative estimate of drug-likeness (QED) is 0.743. The lowest BCUT2D eigenvalue weighted by Gasteiger charge is -2.12. The maximum Gasteiger partial charge on any atom is 0.251 e. The number of nitrogens with one attached hydrogen (secondary N) is 2.